The third-order valence-electron chi connectivity index (χ3n) is 5.07. The van der Waals surface area contributed by atoms with E-state index in [-0.39, 0.29) is 23.8 Å². The summed E-state index contributed by atoms with van der Waals surface area (Å²) >= 11 is 0. The number of benzene rings is 2. The van der Waals surface area contributed by atoms with Gasteiger partial charge >= 0.3 is 0 Å². The van der Waals surface area contributed by atoms with Crippen molar-refractivity contribution in [1.82, 2.24) is 5.32 Å². The number of carbonyl (C=O) groups is 1. The molecule has 1 amide bonds. The second-order valence-electron chi connectivity index (χ2n) is 7.64. The summed E-state index contributed by atoms with van der Waals surface area (Å²) in [4.78, 5) is 23.7. The number of nitro benzene ring substituents is 1. The zero-order valence-electron chi connectivity index (χ0n) is 18.2. The molecule has 0 fully saturated rings. The maximum atomic E-state index is 13.0. The number of sulfonamides is 1. The molecule has 168 valence electrons. The van der Waals surface area contributed by atoms with Crippen LogP contribution in [0.2, 0.25) is 0 Å². The smallest absolute Gasteiger partial charge is 0.271 e. The first-order chi connectivity index (χ1) is 14.5. The predicted octanol–water partition coefficient (Wildman–Crippen LogP) is 3.59. The van der Waals surface area contributed by atoms with E-state index in [4.69, 9.17) is 0 Å². The molecule has 2 aromatic carbocycles. The summed E-state index contributed by atoms with van der Waals surface area (Å²) in [5.74, 6) is -0.431. The van der Waals surface area contributed by atoms with Gasteiger partial charge in [0.2, 0.25) is 15.9 Å². The summed E-state index contributed by atoms with van der Waals surface area (Å²) in [5.41, 5.74) is 1.58. The van der Waals surface area contributed by atoms with Crippen LogP contribution in [-0.4, -0.2) is 37.6 Å². The van der Waals surface area contributed by atoms with Gasteiger partial charge < -0.3 is 5.32 Å². The minimum absolute atomic E-state index is 0.135. The Morgan fingerprint density at radius 1 is 1.19 bits per heavy atom. The molecule has 2 atom stereocenters. The molecular weight excluding hydrogens is 418 g/mol. The molecule has 31 heavy (non-hydrogen) atoms. The van der Waals surface area contributed by atoms with E-state index in [1.165, 1.54) is 18.2 Å². The van der Waals surface area contributed by atoms with Crippen LogP contribution in [0.5, 0.6) is 0 Å². The predicted molar refractivity (Wildman–Crippen MR) is 122 cm³/mol. The van der Waals surface area contributed by atoms with Gasteiger partial charge in [-0.2, -0.15) is 0 Å². The van der Waals surface area contributed by atoms with Crippen LogP contribution in [0.15, 0.2) is 48.5 Å². The van der Waals surface area contributed by atoms with Gasteiger partial charge in [0.25, 0.3) is 5.69 Å². The summed E-state index contributed by atoms with van der Waals surface area (Å²) in [6.07, 6.45) is 2.69. The van der Waals surface area contributed by atoms with Crippen molar-refractivity contribution in [2.45, 2.75) is 52.1 Å². The van der Waals surface area contributed by atoms with Crippen LogP contribution in [0.4, 0.5) is 11.4 Å². The largest absolute Gasteiger partial charge is 0.352 e. The fourth-order valence-electron chi connectivity index (χ4n) is 3.42. The van der Waals surface area contributed by atoms with Crippen LogP contribution < -0.4 is 9.62 Å². The van der Waals surface area contributed by atoms with Crippen molar-refractivity contribution in [3.63, 3.8) is 0 Å². The van der Waals surface area contributed by atoms with E-state index in [1.54, 1.807) is 13.8 Å². The number of nitrogens with one attached hydrogen (secondary N) is 1. The fraction of sp³-hybridized carbons (Fsp3) is 0.409. The fourth-order valence-corrected chi connectivity index (χ4v) is 4.68. The second kappa shape index (κ2) is 10.4. The van der Waals surface area contributed by atoms with Crippen LogP contribution in [0, 0.1) is 17.0 Å². The van der Waals surface area contributed by atoms with Gasteiger partial charge in [0.15, 0.2) is 0 Å². The number of nitro groups is 1. The van der Waals surface area contributed by atoms with E-state index in [0.717, 1.165) is 22.5 Å². The zero-order chi connectivity index (χ0) is 23.2. The highest BCUT2D eigenvalue weighted by molar-refractivity contribution is 7.92. The Labute approximate surface area is 183 Å². The van der Waals surface area contributed by atoms with Gasteiger partial charge in [-0.3, -0.25) is 19.2 Å². The minimum atomic E-state index is -3.88. The second-order valence-corrected chi connectivity index (χ2v) is 9.50. The lowest BCUT2D eigenvalue weighted by molar-refractivity contribution is -0.384. The third-order valence-corrected chi connectivity index (χ3v) is 6.23. The van der Waals surface area contributed by atoms with Gasteiger partial charge in [-0.15, -0.1) is 0 Å². The van der Waals surface area contributed by atoms with Crippen LogP contribution in [0.1, 0.15) is 37.8 Å². The normalized spacial score (nSPS) is 13.3. The number of anilines is 1. The molecule has 0 heterocycles. The number of non-ortho nitro benzene ring substituents is 1. The maximum absolute atomic E-state index is 13.0. The first kappa shape index (κ1) is 24.3. The van der Waals surface area contributed by atoms with Crippen molar-refractivity contribution in [1.29, 1.82) is 0 Å². The van der Waals surface area contributed by atoms with Crippen molar-refractivity contribution < 1.29 is 18.1 Å². The van der Waals surface area contributed by atoms with E-state index in [0.29, 0.717) is 12.0 Å². The van der Waals surface area contributed by atoms with Crippen LogP contribution in [0.25, 0.3) is 0 Å². The van der Waals surface area contributed by atoms with Gasteiger partial charge in [0.1, 0.15) is 6.04 Å². The molecule has 0 saturated carbocycles. The number of amides is 1. The van der Waals surface area contributed by atoms with Gasteiger partial charge in [-0.05, 0) is 44.2 Å². The van der Waals surface area contributed by atoms with Crippen LogP contribution >= 0.6 is 0 Å². The molecule has 0 aliphatic rings. The number of rotatable bonds is 10. The topological polar surface area (TPSA) is 110 Å². The number of hydrogen-bond donors (Lipinski definition) is 1. The highest BCUT2D eigenvalue weighted by atomic mass is 32.2. The average molecular weight is 448 g/mol. The van der Waals surface area contributed by atoms with Crippen molar-refractivity contribution in [3.05, 3.63) is 69.8 Å². The Kier molecular flexibility index (Phi) is 8.15. The number of carbonyl (C=O) groups excluding carboxylic acids is 1. The van der Waals surface area contributed by atoms with E-state index in [2.05, 4.69) is 5.32 Å². The molecule has 0 bridgehead atoms. The standard InChI is InChI=1S/C22H29N3O5S/c1-5-20(22(26)23-17(3)12-13-18-9-7-6-8-10-18)24(31(4,29)30)21-15-19(25(27)28)14-11-16(21)2/h6-11,14-15,17,20H,5,12-13H2,1-4H3,(H,23,26)/t17-,20-/m1/s1. The van der Waals surface area contributed by atoms with Gasteiger partial charge in [0, 0.05) is 18.2 Å². The lowest BCUT2D eigenvalue weighted by Crippen LogP contribution is -2.51. The lowest BCUT2D eigenvalue weighted by atomic mass is 10.1. The molecule has 2 aromatic rings. The molecular formula is C22H29N3O5S. The summed E-state index contributed by atoms with van der Waals surface area (Å²) < 4.78 is 26.3. The first-order valence-electron chi connectivity index (χ1n) is 10.1. The molecule has 0 radical (unpaired) electrons. The van der Waals surface area contributed by atoms with Crippen LogP contribution in [-0.2, 0) is 21.2 Å². The highest BCUT2D eigenvalue weighted by Crippen LogP contribution is 2.30. The number of aryl methyl sites for hydroxylation is 2. The zero-order valence-corrected chi connectivity index (χ0v) is 19.1. The summed E-state index contributed by atoms with van der Waals surface area (Å²) in [5, 5.41) is 14.1. The van der Waals surface area contributed by atoms with Crippen molar-refractivity contribution in [3.8, 4) is 0 Å². The summed E-state index contributed by atoms with van der Waals surface area (Å²) in [6.45, 7) is 5.24. The Hall–Kier alpha value is -2.94. The summed E-state index contributed by atoms with van der Waals surface area (Å²) in [7, 11) is -3.88. The molecule has 2 rings (SSSR count). The lowest BCUT2D eigenvalue weighted by Gasteiger charge is -2.32. The van der Waals surface area contributed by atoms with Crippen molar-refractivity contribution >= 4 is 27.3 Å². The quantitative estimate of drug-likeness (QED) is 0.442. The summed E-state index contributed by atoms with van der Waals surface area (Å²) in [6, 6.07) is 12.7. The van der Waals surface area contributed by atoms with Crippen LogP contribution in [0.3, 0.4) is 0 Å². The molecule has 0 unspecified atom stereocenters. The maximum Gasteiger partial charge on any atom is 0.271 e. The third kappa shape index (κ3) is 6.52. The molecule has 9 heteroatoms. The Balaban J connectivity index is 2.26. The Morgan fingerprint density at radius 3 is 2.39 bits per heavy atom. The monoisotopic (exact) mass is 447 g/mol. The van der Waals surface area contributed by atoms with E-state index >= 15 is 0 Å². The molecule has 0 saturated heterocycles. The highest BCUT2D eigenvalue weighted by Gasteiger charge is 2.33. The van der Waals surface area contributed by atoms with Crippen molar-refractivity contribution in [2.24, 2.45) is 0 Å². The van der Waals surface area contributed by atoms with E-state index in [9.17, 15) is 23.3 Å². The SMILES string of the molecule is CC[C@H](C(=O)N[C@H](C)CCc1ccccc1)N(c1cc([N+](=O)[O-])ccc1C)S(C)(=O)=O. The average Bonchev–Trinajstić information content (AvgIpc) is 2.70. The van der Waals surface area contributed by atoms with Crippen molar-refractivity contribution in [2.75, 3.05) is 10.6 Å². The molecule has 8 nitrogen and oxygen atoms in total. The molecule has 0 spiro atoms. The molecule has 0 aliphatic carbocycles. The van der Waals surface area contributed by atoms with Gasteiger partial charge in [-0.1, -0.05) is 43.3 Å². The van der Waals surface area contributed by atoms with Gasteiger partial charge in [0.05, 0.1) is 16.9 Å². The molecule has 0 aliphatic heterocycles. The minimum Gasteiger partial charge on any atom is -0.352 e. The van der Waals surface area contributed by atoms with E-state index in [1.807, 2.05) is 37.3 Å². The molecule has 0 aromatic heterocycles. The first-order valence-corrected chi connectivity index (χ1v) is 12.0. The molecule has 1 N–H and O–H groups in total. The Morgan fingerprint density at radius 2 is 1.84 bits per heavy atom. The van der Waals surface area contributed by atoms with Gasteiger partial charge in [-0.25, -0.2) is 8.42 Å². The number of hydrogen-bond acceptors (Lipinski definition) is 5. The number of nitrogens with zero attached hydrogens (tertiary/aromatic N) is 2. The Bertz CT molecular complexity index is 1020. The van der Waals surface area contributed by atoms with E-state index < -0.39 is 26.9 Å².